The summed E-state index contributed by atoms with van der Waals surface area (Å²) >= 11 is 0. The first-order valence-corrected chi connectivity index (χ1v) is 6.57. The van der Waals surface area contributed by atoms with Gasteiger partial charge in [-0.2, -0.15) is 5.10 Å². The van der Waals surface area contributed by atoms with E-state index in [-0.39, 0.29) is 6.04 Å². The van der Waals surface area contributed by atoms with Crippen LogP contribution < -0.4 is 5.73 Å². The standard InChI is InChI=1S/C15H19F2N3/c1-9-13(10(2)20(3)19-9)8-12(18)6-11-4-5-14(16)15(17)7-11/h4-5,7,12H,6,8,18H2,1-3H3. The van der Waals surface area contributed by atoms with Gasteiger partial charge in [-0.25, -0.2) is 8.78 Å². The third kappa shape index (κ3) is 3.04. The van der Waals surface area contributed by atoms with Crippen molar-refractivity contribution in [2.75, 3.05) is 0 Å². The Hall–Kier alpha value is -1.75. The van der Waals surface area contributed by atoms with E-state index in [9.17, 15) is 8.78 Å². The molecular formula is C15H19F2N3. The molecule has 0 bridgehead atoms. The molecule has 3 nitrogen and oxygen atoms in total. The largest absolute Gasteiger partial charge is 0.327 e. The fraction of sp³-hybridized carbons (Fsp3) is 0.400. The molecule has 1 atom stereocenters. The first-order valence-electron chi connectivity index (χ1n) is 6.57. The lowest BCUT2D eigenvalue weighted by atomic mass is 9.98. The molecule has 5 heteroatoms. The molecule has 0 radical (unpaired) electrons. The van der Waals surface area contributed by atoms with E-state index in [1.54, 1.807) is 6.07 Å². The summed E-state index contributed by atoms with van der Waals surface area (Å²) in [5, 5.41) is 4.35. The zero-order valence-corrected chi connectivity index (χ0v) is 12.0. The van der Waals surface area contributed by atoms with Crippen molar-refractivity contribution < 1.29 is 8.78 Å². The topological polar surface area (TPSA) is 43.8 Å². The van der Waals surface area contributed by atoms with E-state index in [0.717, 1.165) is 23.0 Å². The van der Waals surface area contributed by atoms with Crippen LogP contribution in [0.1, 0.15) is 22.5 Å². The Morgan fingerprint density at radius 2 is 1.90 bits per heavy atom. The molecule has 2 aromatic rings. The first kappa shape index (κ1) is 14.7. The number of nitrogens with two attached hydrogens (primary N) is 1. The molecule has 1 heterocycles. The van der Waals surface area contributed by atoms with Crippen molar-refractivity contribution in [1.82, 2.24) is 9.78 Å². The van der Waals surface area contributed by atoms with Gasteiger partial charge in [0.25, 0.3) is 0 Å². The van der Waals surface area contributed by atoms with Crippen LogP contribution in [-0.2, 0) is 19.9 Å². The number of rotatable bonds is 4. The summed E-state index contributed by atoms with van der Waals surface area (Å²) in [4.78, 5) is 0. The highest BCUT2D eigenvalue weighted by Gasteiger charge is 2.14. The smallest absolute Gasteiger partial charge is 0.159 e. The van der Waals surface area contributed by atoms with E-state index in [0.29, 0.717) is 18.4 Å². The molecule has 1 unspecified atom stereocenters. The van der Waals surface area contributed by atoms with Crippen LogP contribution in [-0.4, -0.2) is 15.8 Å². The maximum atomic E-state index is 13.2. The van der Waals surface area contributed by atoms with Crippen LogP contribution in [0.15, 0.2) is 18.2 Å². The van der Waals surface area contributed by atoms with Crippen LogP contribution in [0.2, 0.25) is 0 Å². The van der Waals surface area contributed by atoms with Gasteiger partial charge >= 0.3 is 0 Å². The average Bonchev–Trinajstić information content (AvgIpc) is 2.61. The Morgan fingerprint density at radius 1 is 1.20 bits per heavy atom. The minimum Gasteiger partial charge on any atom is -0.327 e. The van der Waals surface area contributed by atoms with Crippen molar-refractivity contribution in [2.24, 2.45) is 12.8 Å². The Balaban J connectivity index is 2.08. The van der Waals surface area contributed by atoms with E-state index < -0.39 is 11.6 Å². The molecule has 0 amide bonds. The zero-order valence-electron chi connectivity index (χ0n) is 12.0. The van der Waals surface area contributed by atoms with Gasteiger partial charge in [0.15, 0.2) is 11.6 Å². The second kappa shape index (κ2) is 5.71. The Kier molecular flexibility index (Phi) is 4.18. The van der Waals surface area contributed by atoms with E-state index >= 15 is 0 Å². The van der Waals surface area contributed by atoms with Gasteiger partial charge in [0, 0.05) is 18.8 Å². The summed E-state index contributed by atoms with van der Waals surface area (Å²) < 4.78 is 27.9. The highest BCUT2D eigenvalue weighted by atomic mass is 19.2. The zero-order chi connectivity index (χ0) is 14.9. The quantitative estimate of drug-likeness (QED) is 0.934. The molecule has 0 aliphatic rings. The Bertz CT molecular complexity index is 620. The van der Waals surface area contributed by atoms with E-state index in [1.165, 1.54) is 6.07 Å². The molecule has 0 aliphatic heterocycles. The predicted octanol–water partition coefficient (Wildman–Crippen LogP) is 2.43. The molecule has 2 N–H and O–H groups in total. The lowest BCUT2D eigenvalue weighted by Crippen LogP contribution is -2.26. The number of aryl methyl sites for hydroxylation is 2. The number of hydrogen-bond donors (Lipinski definition) is 1. The van der Waals surface area contributed by atoms with Gasteiger partial charge < -0.3 is 5.73 Å². The lowest BCUT2D eigenvalue weighted by Gasteiger charge is -2.12. The third-order valence-electron chi connectivity index (χ3n) is 3.61. The number of nitrogens with zero attached hydrogens (tertiary/aromatic N) is 2. The highest BCUT2D eigenvalue weighted by Crippen LogP contribution is 2.16. The fourth-order valence-electron chi connectivity index (χ4n) is 2.42. The summed E-state index contributed by atoms with van der Waals surface area (Å²) in [5.74, 6) is -1.66. The minimum atomic E-state index is -0.832. The number of aromatic nitrogens is 2. The molecule has 0 saturated heterocycles. The number of hydrogen-bond acceptors (Lipinski definition) is 2. The van der Waals surface area contributed by atoms with Gasteiger partial charge in [0.05, 0.1) is 5.69 Å². The van der Waals surface area contributed by atoms with Gasteiger partial charge in [-0.15, -0.1) is 0 Å². The number of halogens is 2. The van der Waals surface area contributed by atoms with Gasteiger partial charge in [0.1, 0.15) is 0 Å². The molecule has 0 fully saturated rings. The predicted molar refractivity (Wildman–Crippen MR) is 74.4 cm³/mol. The average molecular weight is 279 g/mol. The third-order valence-corrected chi connectivity index (χ3v) is 3.61. The summed E-state index contributed by atoms with van der Waals surface area (Å²) in [6.45, 7) is 3.95. The van der Waals surface area contributed by atoms with Crippen molar-refractivity contribution in [1.29, 1.82) is 0 Å². The highest BCUT2D eigenvalue weighted by molar-refractivity contribution is 5.26. The number of benzene rings is 1. The van der Waals surface area contributed by atoms with Crippen LogP contribution in [0.5, 0.6) is 0 Å². The molecule has 0 aliphatic carbocycles. The van der Waals surface area contributed by atoms with Crippen molar-refractivity contribution in [3.05, 3.63) is 52.3 Å². The molecule has 2 rings (SSSR count). The summed E-state index contributed by atoms with van der Waals surface area (Å²) in [6, 6.07) is 3.76. The van der Waals surface area contributed by atoms with Crippen LogP contribution in [0.4, 0.5) is 8.78 Å². The molecule has 1 aromatic heterocycles. The van der Waals surface area contributed by atoms with Gasteiger partial charge in [-0.05, 0) is 49.9 Å². The first-order chi connectivity index (χ1) is 9.38. The molecule has 20 heavy (non-hydrogen) atoms. The monoisotopic (exact) mass is 279 g/mol. The molecule has 108 valence electrons. The Morgan fingerprint density at radius 3 is 2.45 bits per heavy atom. The van der Waals surface area contributed by atoms with Crippen LogP contribution >= 0.6 is 0 Å². The molecule has 1 aromatic carbocycles. The maximum absolute atomic E-state index is 13.2. The van der Waals surface area contributed by atoms with Crippen molar-refractivity contribution in [3.63, 3.8) is 0 Å². The summed E-state index contributed by atoms with van der Waals surface area (Å²) in [6.07, 6.45) is 1.18. The Labute approximate surface area is 117 Å². The second-order valence-corrected chi connectivity index (χ2v) is 5.19. The minimum absolute atomic E-state index is 0.151. The maximum Gasteiger partial charge on any atom is 0.159 e. The fourth-order valence-corrected chi connectivity index (χ4v) is 2.42. The van der Waals surface area contributed by atoms with E-state index in [2.05, 4.69) is 5.10 Å². The van der Waals surface area contributed by atoms with Gasteiger partial charge in [-0.3, -0.25) is 4.68 Å². The normalized spacial score (nSPS) is 12.7. The van der Waals surface area contributed by atoms with Crippen LogP contribution in [0, 0.1) is 25.5 Å². The van der Waals surface area contributed by atoms with E-state index in [1.807, 2.05) is 25.6 Å². The van der Waals surface area contributed by atoms with Gasteiger partial charge in [0.2, 0.25) is 0 Å². The second-order valence-electron chi connectivity index (χ2n) is 5.19. The van der Waals surface area contributed by atoms with Crippen LogP contribution in [0.25, 0.3) is 0 Å². The SMILES string of the molecule is Cc1nn(C)c(C)c1CC(N)Cc1ccc(F)c(F)c1. The summed E-state index contributed by atoms with van der Waals surface area (Å²) in [5.41, 5.74) is 10.0. The lowest BCUT2D eigenvalue weighted by molar-refractivity contribution is 0.506. The van der Waals surface area contributed by atoms with Crippen molar-refractivity contribution in [3.8, 4) is 0 Å². The molecule has 0 saturated carbocycles. The van der Waals surface area contributed by atoms with Crippen LogP contribution in [0.3, 0.4) is 0 Å². The van der Waals surface area contributed by atoms with E-state index in [4.69, 9.17) is 5.73 Å². The molecular weight excluding hydrogens is 260 g/mol. The van der Waals surface area contributed by atoms with Crippen molar-refractivity contribution in [2.45, 2.75) is 32.7 Å². The molecule has 0 spiro atoms. The van der Waals surface area contributed by atoms with Gasteiger partial charge in [-0.1, -0.05) is 6.07 Å². The van der Waals surface area contributed by atoms with Crippen molar-refractivity contribution >= 4 is 0 Å². The summed E-state index contributed by atoms with van der Waals surface area (Å²) in [7, 11) is 1.90.